The van der Waals surface area contributed by atoms with E-state index in [1.165, 1.54) is 13.2 Å². The molecule has 1 fully saturated rings. The molecule has 30 heavy (non-hydrogen) atoms. The normalized spacial score (nSPS) is 14.1. The van der Waals surface area contributed by atoms with Crippen LogP contribution in [0.5, 0.6) is 0 Å². The van der Waals surface area contributed by atoms with Gasteiger partial charge in [-0.05, 0) is 42.0 Å². The van der Waals surface area contributed by atoms with Crippen molar-refractivity contribution in [3.63, 3.8) is 0 Å². The summed E-state index contributed by atoms with van der Waals surface area (Å²) >= 11 is 1.56. The van der Waals surface area contributed by atoms with Crippen molar-refractivity contribution in [1.29, 1.82) is 0 Å². The van der Waals surface area contributed by atoms with Crippen LogP contribution in [0, 0.1) is 12.7 Å². The fraction of sp³-hybridized carbons (Fsp3) is 0.455. The van der Waals surface area contributed by atoms with Crippen LogP contribution in [-0.2, 0) is 22.6 Å². The first-order valence-corrected chi connectivity index (χ1v) is 11.0. The summed E-state index contributed by atoms with van der Waals surface area (Å²) in [5.41, 5.74) is 2.77. The third kappa shape index (κ3) is 5.50. The molecule has 162 valence electrons. The topological polar surface area (TPSA) is 63.7 Å². The fourth-order valence-electron chi connectivity index (χ4n) is 3.37. The number of ether oxygens (including phenoxy) is 2. The average Bonchev–Trinajstić information content (AvgIpc) is 2.75. The number of benzene rings is 1. The number of halogens is 1. The summed E-state index contributed by atoms with van der Waals surface area (Å²) in [6, 6.07) is 6.75. The van der Waals surface area contributed by atoms with E-state index < -0.39 is 0 Å². The molecule has 0 bridgehead atoms. The second-order valence-electron chi connectivity index (χ2n) is 7.05. The number of aromatic nitrogens is 1. The summed E-state index contributed by atoms with van der Waals surface area (Å²) in [5, 5.41) is 3.69. The average molecular weight is 434 g/mol. The number of carbonyl (C=O) groups is 1. The standard InChI is InChI=1S/C22H28FN3O3S/c1-4-30-22-20(15(2)11-19(25-22)26-7-9-29-10-8-26)21(27)24-13-16-5-6-18(23)17(12-16)14-28-3/h5-6,11-12H,4,7-10,13-14H2,1-3H3,(H,24,27). The Kier molecular flexibility index (Phi) is 8.07. The Balaban J connectivity index is 1.78. The van der Waals surface area contributed by atoms with E-state index in [9.17, 15) is 9.18 Å². The minimum atomic E-state index is -0.313. The summed E-state index contributed by atoms with van der Waals surface area (Å²) in [6.07, 6.45) is 0. The van der Waals surface area contributed by atoms with Crippen LogP contribution in [0.15, 0.2) is 29.3 Å². The molecule has 3 rings (SSSR count). The predicted molar refractivity (Wildman–Crippen MR) is 117 cm³/mol. The van der Waals surface area contributed by atoms with Crippen molar-refractivity contribution in [3.8, 4) is 0 Å². The maximum atomic E-state index is 13.8. The van der Waals surface area contributed by atoms with Gasteiger partial charge in [-0.25, -0.2) is 9.37 Å². The molecule has 6 nitrogen and oxygen atoms in total. The van der Waals surface area contributed by atoms with Crippen LogP contribution in [-0.4, -0.2) is 50.1 Å². The molecule has 2 aromatic rings. The molecule has 1 aliphatic rings. The van der Waals surface area contributed by atoms with Crippen molar-refractivity contribution < 1.29 is 18.7 Å². The van der Waals surface area contributed by atoms with Crippen LogP contribution < -0.4 is 10.2 Å². The number of amides is 1. The Morgan fingerprint density at radius 2 is 2.10 bits per heavy atom. The van der Waals surface area contributed by atoms with E-state index in [2.05, 4.69) is 10.2 Å². The molecular weight excluding hydrogens is 405 g/mol. The Labute approximate surface area is 181 Å². The molecule has 0 atom stereocenters. The molecule has 1 aliphatic heterocycles. The largest absolute Gasteiger partial charge is 0.380 e. The number of methoxy groups -OCH3 is 1. The molecule has 0 radical (unpaired) electrons. The first-order chi connectivity index (χ1) is 14.5. The van der Waals surface area contributed by atoms with E-state index >= 15 is 0 Å². The summed E-state index contributed by atoms with van der Waals surface area (Å²) in [4.78, 5) is 20.0. The van der Waals surface area contributed by atoms with Crippen molar-refractivity contribution in [2.24, 2.45) is 0 Å². The van der Waals surface area contributed by atoms with Crippen molar-refractivity contribution in [3.05, 3.63) is 52.3 Å². The van der Waals surface area contributed by atoms with Gasteiger partial charge in [0.05, 0.1) is 25.4 Å². The Morgan fingerprint density at radius 1 is 1.33 bits per heavy atom. The minimum absolute atomic E-state index is 0.179. The number of hydrogen-bond acceptors (Lipinski definition) is 6. The number of pyridine rings is 1. The van der Waals surface area contributed by atoms with Gasteiger partial charge in [0.1, 0.15) is 16.7 Å². The van der Waals surface area contributed by atoms with Gasteiger partial charge in [-0.1, -0.05) is 13.0 Å². The van der Waals surface area contributed by atoms with Gasteiger partial charge in [0.15, 0.2) is 0 Å². The van der Waals surface area contributed by atoms with Crippen molar-refractivity contribution in [1.82, 2.24) is 10.3 Å². The van der Waals surface area contributed by atoms with E-state index in [0.717, 1.165) is 40.8 Å². The summed E-state index contributed by atoms with van der Waals surface area (Å²) < 4.78 is 24.3. The molecule has 0 aliphatic carbocycles. The predicted octanol–water partition coefficient (Wildman–Crippen LogP) is 3.55. The minimum Gasteiger partial charge on any atom is -0.380 e. The molecule has 1 saturated heterocycles. The van der Waals surface area contributed by atoms with E-state index in [1.54, 1.807) is 23.9 Å². The van der Waals surface area contributed by atoms with Crippen LogP contribution in [0.25, 0.3) is 0 Å². The van der Waals surface area contributed by atoms with Crippen molar-refractivity contribution in [2.45, 2.75) is 32.0 Å². The smallest absolute Gasteiger partial charge is 0.254 e. The number of nitrogens with one attached hydrogen (secondary N) is 1. The molecule has 1 amide bonds. The van der Waals surface area contributed by atoms with Gasteiger partial charge < -0.3 is 19.7 Å². The van der Waals surface area contributed by atoms with Crippen LogP contribution in [0.4, 0.5) is 10.2 Å². The van der Waals surface area contributed by atoms with Gasteiger partial charge in [-0.3, -0.25) is 4.79 Å². The maximum Gasteiger partial charge on any atom is 0.254 e. The monoisotopic (exact) mass is 433 g/mol. The number of rotatable bonds is 8. The molecule has 1 aromatic heterocycles. The number of hydrogen-bond donors (Lipinski definition) is 1. The lowest BCUT2D eigenvalue weighted by molar-refractivity contribution is 0.0946. The van der Waals surface area contributed by atoms with Gasteiger partial charge in [0.25, 0.3) is 5.91 Å². The number of nitrogens with zero attached hydrogens (tertiary/aromatic N) is 2. The van der Waals surface area contributed by atoms with Crippen LogP contribution in [0.1, 0.15) is 34.0 Å². The van der Waals surface area contributed by atoms with E-state index in [1.807, 2.05) is 19.9 Å². The zero-order valence-electron chi connectivity index (χ0n) is 17.7. The molecule has 0 spiro atoms. The highest BCUT2D eigenvalue weighted by Crippen LogP contribution is 2.28. The molecule has 1 N–H and O–H groups in total. The Morgan fingerprint density at radius 3 is 2.80 bits per heavy atom. The number of carbonyl (C=O) groups excluding carboxylic acids is 1. The number of morpholine rings is 1. The highest BCUT2D eigenvalue weighted by Gasteiger charge is 2.21. The molecule has 1 aromatic carbocycles. The fourth-order valence-corrected chi connectivity index (χ4v) is 4.20. The lowest BCUT2D eigenvalue weighted by atomic mass is 10.1. The quantitative estimate of drug-likeness (QED) is 0.643. The van der Waals surface area contributed by atoms with Gasteiger partial charge in [0, 0.05) is 32.3 Å². The molecule has 2 heterocycles. The lowest BCUT2D eigenvalue weighted by Gasteiger charge is -2.28. The second kappa shape index (κ2) is 10.7. The van der Waals surface area contributed by atoms with Crippen LogP contribution in [0.3, 0.4) is 0 Å². The summed E-state index contributed by atoms with van der Waals surface area (Å²) in [5.74, 6) is 1.21. The molecule has 0 saturated carbocycles. The lowest BCUT2D eigenvalue weighted by Crippen LogP contribution is -2.37. The van der Waals surface area contributed by atoms with Gasteiger partial charge >= 0.3 is 0 Å². The first kappa shape index (κ1) is 22.5. The van der Waals surface area contributed by atoms with Crippen molar-refractivity contribution >= 4 is 23.5 Å². The zero-order chi connectivity index (χ0) is 21.5. The van der Waals surface area contributed by atoms with E-state index in [-0.39, 0.29) is 18.3 Å². The van der Waals surface area contributed by atoms with E-state index in [4.69, 9.17) is 14.5 Å². The van der Waals surface area contributed by atoms with Crippen LogP contribution >= 0.6 is 11.8 Å². The second-order valence-corrected chi connectivity index (χ2v) is 8.30. The van der Waals surface area contributed by atoms with Crippen molar-refractivity contribution in [2.75, 3.05) is 44.1 Å². The zero-order valence-corrected chi connectivity index (χ0v) is 18.5. The molecule has 0 unspecified atom stereocenters. The maximum absolute atomic E-state index is 13.8. The first-order valence-electron chi connectivity index (χ1n) is 10.0. The summed E-state index contributed by atoms with van der Waals surface area (Å²) in [7, 11) is 1.52. The Bertz CT molecular complexity index is 888. The SMILES string of the molecule is CCSc1nc(N2CCOCC2)cc(C)c1C(=O)NCc1ccc(F)c(COC)c1. The number of anilines is 1. The third-order valence-corrected chi connectivity index (χ3v) is 5.73. The molecule has 8 heteroatoms. The Hall–Kier alpha value is -2.16. The van der Waals surface area contributed by atoms with Gasteiger partial charge in [-0.2, -0.15) is 0 Å². The van der Waals surface area contributed by atoms with Gasteiger partial charge in [-0.15, -0.1) is 11.8 Å². The highest BCUT2D eigenvalue weighted by molar-refractivity contribution is 7.99. The molecular formula is C22H28FN3O3S. The van der Waals surface area contributed by atoms with Crippen LogP contribution in [0.2, 0.25) is 0 Å². The summed E-state index contributed by atoms with van der Waals surface area (Å²) in [6.45, 7) is 7.43. The van der Waals surface area contributed by atoms with E-state index in [0.29, 0.717) is 30.9 Å². The highest BCUT2D eigenvalue weighted by atomic mass is 32.2. The third-order valence-electron chi connectivity index (χ3n) is 4.88. The number of aryl methyl sites for hydroxylation is 1. The number of thioether (sulfide) groups is 1. The van der Waals surface area contributed by atoms with Gasteiger partial charge in [0.2, 0.25) is 0 Å².